The average Bonchev–Trinajstić information content (AvgIpc) is 3.29. The Morgan fingerprint density at radius 1 is 1.07 bits per heavy atom. The first-order chi connectivity index (χ1) is 14.0. The smallest absolute Gasteiger partial charge is 0.308 e. The van der Waals surface area contributed by atoms with Gasteiger partial charge in [0, 0.05) is 37.6 Å². The molecule has 2 aromatic rings. The quantitative estimate of drug-likeness (QED) is 0.481. The molecule has 0 amide bonds. The minimum Gasteiger partial charge on any atom is -0.457 e. The molecule has 1 aromatic heterocycles. The fraction of sp³-hybridized carbons (Fsp3) is 0.368. The first-order valence-electron chi connectivity index (χ1n) is 9.27. The summed E-state index contributed by atoms with van der Waals surface area (Å²) in [7, 11) is -3.52. The van der Waals surface area contributed by atoms with Gasteiger partial charge in [-0.3, -0.25) is 9.59 Å². The maximum absolute atomic E-state index is 12.5. The highest BCUT2D eigenvalue weighted by molar-refractivity contribution is 7.89. The number of nitrogens with zero attached hydrogens (tertiary/aromatic N) is 3. The summed E-state index contributed by atoms with van der Waals surface area (Å²) in [4.78, 5) is 32.0. The predicted molar refractivity (Wildman–Crippen MR) is 105 cm³/mol. The topological polar surface area (TPSA) is 119 Å². The minimum atomic E-state index is -3.52. The summed E-state index contributed by atoms with van der Waals surface area (Å²) in [6.07, 6.45) is 4.92. The molecule has 0 aliphatic carbocycles. The van der Waals surface area contributed by atoms with Gasteiger partial charge in [0.2, 0.25) is 16.0 Å². The number of anilines is 1. The van der Waals surface area contributed by atoms with Crippen molar-refractivity contribution in [2.24, 2.45) is 0 Å². The number of hydrogen-bond donors (Lipinski definition) is 1. The van der Waals surface area contributed by atoms with E-state index in [1.165, 1.54) is 28.6 Å². The first kappa shape index (κ1) is 20.9. The lowest BCUT2D eigenvalue weighted by Gasteiger charge is -2.15. The highest BCUT2D eigenvalue weighted by Gasteiger charge is 2.27. The van der Waals surface area contributed by atoms with Crippen LogP contribution in [-0.4, -0.2) is 60.7 Å². The molecule has 154 valence electrons. The fourth-order valence-electron chi connectivity index (χ4n) is 2.86. The van der Waals surface area contributed by atoms with Gasteiger partial charge in [0.25, 0.3) is 0 Å². The average molecular weight is 418 g/mol. The number of ether oxygens (including phenoxy) is 1. The Labute approximate surface area is 169 Å². The molecule has 9 nitrogen and oxygen atoms in total. The molecule has 0 atom stereocenters. The van der Waals surface area contributed by atoms with E-state index < -0.39 is 28.4 Å². The van der Waals surface area contributed by atoms with E-state index in [1.807, 2.05) is 0 Å². The molecule has 1 N–H and O–H groups in total. The van der Waals surface area contributed by atoms with Crippen molar-refractivity contribution < 1.29 is 22.7 Å². The Hall–Kier alpha value is -2.85. The van der Waals surface area contributed by atoms with E-state index in [9.17, 15) is 18.0 Å². The van der Waals surface area contributed by atoms with E-state index in [0.717, 1.165) is 12.8 Å². The summed E-state index contributed by atoms with van der Waals surface area (Å²) in [5.41, 5.74) is 0.286. The van der Waals surface area contributed by atoms with Crippen molar-refractivity contribution in [2.45, 2.75) is 24.2 Å². The molecule has 1 aliphatic rings. The van der Waals surface area contributed by atoms with Crippen LogP contribution in [0, 0.1) is 0 Å². The normalized spacial score (nSPS) is 14.5. The van der Waals surface area contributed by atoms with Gasteiger partial charge in [0.05, 0.1) is 11.3 Å². The van der Waals surface area contributed by atoms with Crippen LogP contribution < -0.4 is 5.32 Å². The number of rotatable bonds is 9. The van der Waals surface area contributed by atoms with Crippen LogP contribution >= 0.6 is 0 Å². The van der Waals surface area contributed by atoms with E-state index >= 15 is 0 Å². The van der Waals surface area contributed by atoms with Crippen LogP contribution in [0.5, 0.6) is 0 Å². The molecule has 29 heavy (non-hydrogen) atoms. The molecule has 3 rings (SSSR count). The molecule has 1 aromatic carbocycles. The molecule has 2 heterocycles. The van der Waals surface area contributed by atoms with Crippen molar-refractivity contribution in [3.8, 4) is 0 Å². The van der Waals surface area contributed by atoms with Gasteiger partial charge in [-0.15, -0.1) is 0 Å². The van der Waals surface area contributed by atoms with Crippen molar-refractivity contribution in [2.75, 3.05) is 31.6 Å². The summed E-state index contributed by atoms with van der Waals surface area (Å²) in [6, 6.07) is 7.37. The van der Waals surface area contributed by atoms with Gasteiger partial charge in [-0.2, -0.15) is 4.31 Å². The van der Waals surface area contributed by atoms with Crippen molar-refractivity contribution >= 4 is 27.7 Å². The molecular weight excluding hydrogens is 396 g/mol. The Bertz CT molecular complexity index is 942. The third kappa shape index (κ3) is 5.58. The molecule has 1 fully saturated rings. The number of Topliss-reactive ketones (excluding diaryl/α,β-unsaturated/α-hetero) is 1. The van der Waals surface area contributed by atoms with Crippen LogP contribution in [0.25, 0.3) is 0 Å². The van der Waals surface area contributed by atoms with Crippen LogP contribution in [0.1, 0.15) is 29.6 Å². The fourth-order valence-corrected chi connectivity index (χ4v) is 4.38. The number of carbonyl (C=O) groups excluding carboxylic acids is 2. The highest BCUT2D eigenvalue weighted by Crippen LogP contribution is 2.21. The Morgan fingerprint density at radius 2 is 1.72 bits per heavy atom. The lowest BCUT2D eigenvalue weighted by Crippen LogP contribution is -2.27. The maximum Gasteiger partial charge on any atom is 0.308 e. The predicted octanol–water partition coefficient (Wildman–Crippen LogP) is 1.49. The number of ketones is 1. The number of esters is 1. The van der Waals surface area contributed by atoms with Crippen molar-refractivity contribution in [3.05, 3.63) is 48.3 Å². The van der Waals surface area contributed by atoms with E-state index in [1.54, 1.807) is 18.5 Å². The molecule has 0 saturated carbocycles. The summed E-state index contributed by atoms with van der Waals surface area (Å²) < 4.78 is 31.4. The maximum atomic E-state index is 12.5. The van der Waals surface area contributed by atoms with Gasteiger partial charge < -0.3 is 10.1 Å². The van der Waals surface area contributed by atoms with E-state index in [0.29, 0.717) is 19.0 Å². The van der Waals surface area contributed by atoms with Crippen molar-refractivity contribution in [3.63, 3.8) is 0 Å². The van der Waals surface area contributed by atoms with E-state index in [-0.39, 0.29) is 23.4 Å². The first-order valence-corrected chi connectivity index (χ1v) is 10.7. The van der Waals surface area contributed by atoms with Crippen LogP contribution in [0.3, 0.4) is 0 Å². The second-order valence-corrected chi connectivity index (χ2v) is 8.41. The molecule has 1 saturated heterocycles. The van der Waals surface area contributed by atoms with E-state index in [2.05, 4.69) is 15.3 Å². The van der Waals surface area contributed by atoms with Gasteiger partial charge in [0.1, 0.15) is 0 Å². The molecule has 0 unspecified atom stereocenters. The summed E-state index contributed by atoms with van der Waals surface area (Å²) in [5, 5.41) is 2.87. The second-order valence-electron chi connectivity index (χ2n) is 6.47. The molecule has 0 bridgehead atoms. The van der Waals surface area contributed by atoms with Gasteiger partial charge in [-0.1, -0.05) is 0 Å². The highest BCUT2D eigenvalue weighted by atomic mass is 32.2. The SMILES string of the molecule is O=C(CCNc1ncccn1)OCC(=O)c1ccc(S(=O)(=O)N2CCCC2)cc1. The van der Waals surface area contributed by atoms with Gasteiger partial charge in [0.15, 0.2) is 12.4 Å². The molecule has 0 spiro atoms. The number of nitrogens with one attached hydrogen (secondary N) is 1. The zero-order valence-electron chi connectivity index (χ0n) is 15.8. The third-order valence-electron chi connectivity index (χ3n) is 4.42. The number of hydrogen-bond acceptors (Lipinski definition) is 8. The summed E-state index contributed by atoms with van der Waals surface area (Å²) in [5.74, 6) is -0.529. The second kappa shape index (κ2) is 9.57. The molecule has 1 aliphatic heterocycles. The zero-order chi connectivity index (χ0) is 20.7. The lowest BCUT2D eigenvalue weighted by atomic mass is 10.1. The number of sulfonamides is 1. The number of benzene rings is 1. The molecule has 10 heteroatoms. The van der Waals surface area contributed by atoms with Crippen molar-refractivity contribution in [1.29, 1.82) is 0 Å². The third-order valence-corrected chi connectivity index (χ3v) is 6.33. The van der Waals surface area contributed by atoms with Crippen molar-refractivity contribution in [1.82, 2.24) is 14.3 Å². The Balaban J connectivity index is 1.46. The molecular formula is C19H22N4O5S. The summed E-state index contributed by atoms with van der Waals surface area (Å²) in [6.45, 7) is 0.910. The standard InChI is InChI=1S/C19H22N4O5S/c24-17(14-28-18(25)8-11-22-19-20-9-3-10-21-19)15-4-6-16(7-5-15)29(26,27)23-12-1-2-13-23/h3-7,9-10H,1-2,8,11-14H2,(H,20,21,22). The van der Waals surface area contributed by atoms with Gasteiger partial charge in [-0.05, 0) is 43.2 Å². The van der Waals surface area contributed by atoms with Crippen LogP contribution in [-0.2, 0) is 19.6 Å². The van der Waals surface area contributed by atoms with Crippen LogP contribution in [0.2, 0.25) is 0 Å². The van der Waals surface area contributed by atoms with Crippen LogP contribution in [0.4, 0.5) is 5.95 Å². The van der Waals surface area contributed by atoms with Gasteiger partial charge in [-0.25, -0.2) is 18.4 Å². The largest absolute Gasteiger partial charge is 0.457 e. The van der Waals surface area contributed by atoms with Crippen LogP contribution in [0.15, 0.2) is 47.6 Å². The number of aromatic nitrogens is 2. The van der Waals surface area contributed by atoms with Gasteiger partial charge >= 0.3 is 5.97 Å². The summed E-state index contributed by atoms with van der Waals surface area (Å²) >= 11 is 0. The monoisotopic (exact) mass is 418 g/mol. The minimum absolute atomic E-state index is 0.0541. The number of carbonyl (C=O) groups is 2. The Morgan fingerprint density at radius 3 is 2.38 bits per heavy atom. The Kier molecular flexibility index (Phi) is 6.89. The molecule has 0 radical (unpaired) electrons. The lowest BCUT2D eigenvalue weighted by molar-refractivity contribution is -0.142. The van der Waals surface area contributed by atoms with E-state index in [4.69, 9.17) is 4.74 Å². The zero-order valence-corrected chi connectivity index (χ0v) is 16.6.